The van der Waals surface area contributed by atoms with Crippen LogP contribution in [0.3, 0.4) is 0 Å². The van der Waals surface area contributed by atoms with Gasteiger partial charge in [0.2, 0.25) is 0 Å². The summed E-state index contributed by atoms with van der Waals surface area (Å²) in [4.78, 5) is 16.4. The second-order valence-corrected chi connectivity index (χ2v) is 6.55. The molecule has 3 heterocycles. The van der Waals surface area contributed by atoms with Gasteiger partial charge in [-0.05, 0) is 50.8 Å². The van der Waals surface area contributed by atoms with Gasteiger partial charge in [0.15, 0.2) is 11.9 Å². The minimum absolute atomic E-state index is 0.0409. The topological polar surface area (TPSA) is 52.3 Å². The summed E-state index contributed by atoms with van der Waals surface area (Å²) in [5.74, 6) is 2.31. The lowest BCUT2D eigenvalue weighted by molar-refractivity contribution is 0.457. The van der Waals surface area contributed by atoms with Gasteiger partial charge >= 0.3 is 0 Å². The lowest BCUT2D eigenvalue weighted by atomic mass is 9.90. The number of hydrogen-bond acceptors (Lipinski definition) is 4. The van der Waals surface area contributed by atoms with Crippen LogP contribution in [0.15, 0.2) is 26.8 Å². The first-order valence-corrected chi connectivity index (χ1v) is 8.12. The van der Waals surface area contributed by atoms with E-state index in [-0.39, 0.29) is 6.04 Å². The number of hydrogen-bond donors (Lipinski definition) is 1. The number of amidine groups is 1. The molecule has 0 aromatic carbocycles. The van der Waals surface area contributed by atoms with E-state index in [1.807, 2.05) is 6.34 Å². The van der Waals surface area contributed by atoms with E-state index in [1.165, 1.54) is 37.1 Å². The molecule has 2 fully saturated rings. The van der Waals surface area contributed by atoms with E-state index in [9.17, 15) is 0 Å². The van der Waals surface area contributed by atoms with Crippen LogP contribution in [0, 0.1) is 11.8 Å². The number of nitrogens with zero attached hydrogens (tertiary/aromatic N) is 4. The first-order chi connectivity index (χ1) is 10.3. The summed E-state index contributed by atoms with van der Waals surface area (Å²) in [5.41, 5.74) is 2.46. The second-order valence-electron chi connectivity index (χ2n) is 6.55. The highest BCUT2D eigenvalue weighted by molar-refractivity contribution is 6.12. The highest BCUT2D eigenvalue weighted by Gasteiger charge is 2.33. The quantitative estimate of drug-likeness (QED) is 0.854. The van der Waals surface area contributed by atoms with E-state index < -0.39 is 0 Å². The number of fused-ring (bicyclic) bond motifs is 1. The molecule has 1 saturated heterocycles. The second kappa shape index (κ2) is 5.37. The van der Waals surface area contributed by atoms with Gasteiger partial charge in [0.25, 0.3) is 0 Å². The number of nitrogens with one attached hydrogen (secondary N) is 1. The molecule has 1 N–H and O–H groups in total. The van der Waals surface area contributed by atoms with E-state index in [0.717, 1.165) is 31.4 Å². The van der Waals surface area contributed by atoms with Gasteiger partial charge in [-0.2, -0.15) is 0 Å². The first-order valence-electron chi connectivity index (χ1n) is 8.12. The van der Waals surface area contributed by atoms with Crippen LogP contribution < -0.4 is 5.32 Å². The number of dihydropyridines is 1. The van der Waals surface area contributed by atoms with E-state index in [1.54, 1.807) is 0 Å². The summed E-state index contributed by atoms with van der Waals surface area (Å²) < 4.78 is 0. The standard InChI is InChI=1S/C16H23N5/c1-21-10-19-15-14(21)8-13(12-4-6-17-7-5-12)20-16(15)18-9-11-2-3-11/h8,10-12,15,17H,2-7,9H2,1H3. The molecule has 112 valence electrons. The van der Waals surface area contributed by atoms with Crippen molar-refractivity contribution in [3.63, 3.8) is 0 Å². The fourth-order valence-electron chi connectivity index (χ4n) is 3.23. The van der Waals surface area contributed by atoms with Crippen molar-refractivity contribution < 1.29 is 0 Å². The molecular weight excluding hydrogens is 262 g/mol. The minimum atomic E-state index is 0.0409. The van der Waals surface area contributed by atoms with E-state index >= 15 is 0 Å². The van der Waals surface area contributed by atoms with Crippen molar-refractivity contribution >= 4 is 17.9 Å². The summed E-state index contributed by atoms with van der Waals surface area (Å²) >= 11 is 0. The Labute approximate surface area is 125 Å². The molecule has 5 nitrogen and oxygen atoms in total. The Morgan fingerprint density at radius 1 is 1.29 bits per heavy atom. The summed E-state index contributed by atoms with van der Waals surface area (Å²) in [6.45, 7) is 3.12. The lowest BCUT2D eigenvalue weighted by Crippen LogP contribution is -2.35. The zero-order valence-electron chi connectivity index (χ0n) is 12.6. The molecule has 0 bridgehead atoms. The molecular formula is C16H23N5. The molecule has 4 rings (SSSR count). The number of rotatable bonds is 3. The van der Waals surface area contributed by atoms with Crippen LogP contribution in [0.5, 0.6) is 0 Å². The SMILES string of the molecule is CN1C=NC2C1=CC(C1CCNCC1)=NC2=NCC1CC1. The largest absolute Gasteiger partial charge is 0.337 e. The predicted molar refractivity (Wildman–Crippen MR) is 86.2 cm³/mol. The molecule has 0 aromatic rings. The first kappa shape index (κ1) is 13.2. The van der Waals surface area contributed by atoms with Gasteiger partial charge in [-0.15, -0.1) is 0 Å². The Hall–Kier alpha value is -1.49. The Bertz CT molecular complexity index is 535. The van der Waals surface area contributed by atoms with Crippen LogP contribution in [0.25, 0.3) is 0 Å². The highest BCUT2D eigenvalue weighted by Crippen LogP contribution is 2.30. The summed E-state index contributed by atoms with van der Waals surface area (Å²) in [5, 5.41) is 3.43. The predicted octanol–water partition coefficient (Wildman–Crippen LogP) is 1.48. The van der Waals surface area contributed by atoms with Gasteiger partial charge in [0.1, 0.15) is 0 Å². The lowest BCUT2D eigenvalue weighted by Gasteiger charge is -2.27. The van der Waals surface area contributed by atoms with Crippen molar-refractivity contribution in [1.82, 2.24) is 10.2 Å². The van der Waals surface area contributed by atoms with Crippen LogP contribution in [-0.4, -0.2) is 55.5 Å². The summed E-state index contributed by atoms with van der Waals surface area (Å²) in [6, 6.07) is 0.0409. The highest BCUT2D eigenvalue weighted by atomic mass is 15.2. The molecule has 1 aliphatic carbocycles. The molecule has 3 aliphatic heterocycles. The van der Waals surface area contributed by atoms with Crippen LogP contribution in [0.2, 0.25) is 0 Å². The third kappa shape index (κ3) is 2.67. The fraction of sp³-hybridized carbons (Fsp3) is 0.688. The third-order valence-electron chi connectivity index (χ3n) is 4.83. The maximum atomic E-state index is 4.90. The molecule has 1 saturated carbocycles. The number of aliphatic imine (C=N–C) groups is 3. The van der Waals surface area contributed by atoms with E-state index in [0.29, 0.717) is 5.92 Å². The van der Waals surface area contributed by atoms with Crippen LogP contribution in [0.1, 0.15) is 25.7 Å². The molecule has 1 unspecified atom stereocenters. The number of piperidine rings is 1. The van der Waals surface area contributed by atoms with Crippen LogP contribution in [0.4, 0.5) is 0 Å². The van der Waals surface area contributed by atoms with Crippen molar-refractivity contribution in [2.45, 2.75) is 31.7 Å². The minimum Gasteiger partial charge on any atom is -0.337 e. The molecule has 0 aromatic heterocycles. The van der Waals surface area contributed by atoms with Crippen molar-refractivity contribution in [3.05, 3.63) is 11.8 Å². The van der Waals surface area contributed by atoms with Crippen molar-refractivity contribution in [3.8, 4) is 0 Å². The maximum Gasteiger partial charge on any atom is 0.154 e. The Morgan fingerprint density at radius 3 is 2.86 bits per heavy atom. The Morgan fingerprint density at radius 2 is 2.10 bits per heavy atom. The van der Waals surface area contributed by atoms with Gasteiger partial charge in [-0.25, -0.2) is 4.99 Å². The smallest absolute Gasteiger partial charge is 0.154 e. The average molecular weight is 285 g/mol. The molecule has 0 amide bonds. The monoisotopic (exact) mass is 285 g/mol. The number of allylic oxidation sites excluding steroid dienone is 1. The normalized spacial score (nSPS) is 31.4. The van der Waals surface area contributed by atoms with Crippen molar-refractivity contribution in [1.29, 1.82) is 0 Å². The Kier molecular flexibility index (Phi) is 3.37. The van der Waals surface area contributed by atoms with Gasteiger partial charge in [0.05, 0.1) is 12.0 Å². The molecule has 0 radical (unpaired) electrons. The van der Waals surface area contributed by atoms with Gasteiger partial charge in [-0.3, -0.25) is 9.98 Å². The zero-order chi connectivity index (χ0) is 14.2. The van der Waals surface area contributed by atoms with E-state index in [2.05, 4.69) is 28.3 Å². The van der Waals surface area contributed by atoms with Gasteiger partial charge in [-0.1, -0.05) is 0 Å². The number of likely N-dealkylation sites (N-methyl/N-ethyl adjacent to an activating group) is 1. The molecule has 0 spiro atoms. The molecule has 21 heavy (non-hydrogen) atoms. The summed E-state index contributed by atoms with van der Waals surface area (Å²) in [6.07, 6.45) is 9.17. The van der Waals surface area contributed by atoms with E-state index in [4.69, 9.17) is 9.98 Å². The summed E-state index contributed by atoms with van der Waals surface area (Å²) in [7, 11) is 2.07. The van der Waals surface area contributed by atoms with Gasteiger partial charge < -0.3 is 10.2 Å². The van der Waals surface area contributed by atoms with Crippen LogP contribution >= 0.6 is 0 Å². The fourth-order valence-corrected chi connectivity index (χ4v) is 3.23. The Balaban J connectivity index is 1.61. The van der Waals surface area contributed by atoms with Crippen LogP contribution in [-0.2, 0) is 0 Å². The molecule has 5 heteroatoms. The van der Waals surface area contributed by atoms with Gasteiger partial charge in [0, 0.05) is 25.2 Å². The molecule has 1 atom stereocenters. The average Bonchev–Trinajstić information content (AvgIpc) is 3.29. The van der Waals surface area contributed by atoms with Crippen molar-refractivity contribution in [2.24, 2.45) is 26.8 Å². The zero-order valence-corrected chi connectivity index (χ0v) is 12.6. The maximum absolute atomic E-state index is 4.90. The van der Waals surface area contributed by atoms with Crippen molar-refractivity contribution in [2.75, 3.05) is 26.7 Å². The third-order valence-corrected chi connectivity index (χ3v) is 4.83. The molecule has 4 aliphatic rings.